The molecular formula is C10H15F3N2O2S. The van der Waals surface area contributed by atoms with Gasteiger partial charge in [0.05, 0.1) is 0 Å². The van der Waals surface area contributed by atoms with E-state index in [0.29, 0.717) is 6.21 Å². The molecule has 0 bridgehead atoms. The summed E-state index contributed by atoms with van der Waals surface area (Å²) in [6.07, 6.45) is 6.42. The minimum absolute atomic E-state index is 0.593. The third kappa shape index (κ3) is 5.85. The fourth-order valence-corrected chi connectivity index (χ4v) is 1.24. The fourth-order valence-electron chi connectivity index (χ4n) is 0.895. The van der Waals surface area contributed by atoms with Crippen LogP contribution in [0.25, 0.3) is 0 Å². The van der Waals surface area contributed by atoms with Crippen molar-refractivity contribution >= 4 is 16.2 Å². The monoisotopic (exact) mass is 284 g/mol. The third-order valence-electron chi connectivity index (χ3n) is 1.91. The molecule has 18 heavy (non-hydrogen) atoms. The van der Waals surface area contributed by atoms with Crippen LogP contribution in [0, 0.1) is 0 Å². The van der Waals surface area contributed by atoms with E-state index in [2.05, 4.69) is 4.40 Å². The van der Waals surface area contributed by atoms with Crippen molar-refractivity contribution in [2.24, 2.45) is 4.40 Å². The lowest BCUT2D eigenvalue weighted by molar-refractivity contribution is -0.0435. The van der Waals surface area contributed by atoms with Gasteiger partial charge < -0.3 is 4.90 Å². The average Bonchev–Trinajstić information content (AvgIpc) is 2.26. The number of rotatable bonds is 6. The highest BCUT2D eigenvalue weighted by Gasteiger charge is 2.45. The summed E-state index contributed by atoms with van der Waals surface area (Å²) in [5, 5.41) is 0. The van der Waals surface area contributed by atoms with Crippen molar-refractivity contribution in [2.75, 3.05) is 13.1 Å². The molecule has 0 aromatic rings. The van der Waals surface area contributed by atoms with Gasteiger partial charge in [0.1, 0.15) is 0 Å². The molecule has 0 amide bonds. The first-order chi connectivity index (χ1) is 8.24. The zero-order chi connectivity index (χ0) is 14.2. The van der Waals surface area contributed by atoms with Crippen LogP contribution in [0.5, 0.6) is 0 Å². The standard InChI is InChI=1S/C10H15F3N2O2S/c1-3-15(4-2)9-7-5-6-8-14-18(16,17)10(11,12)13/h5-9H,3-4H2,1-2H3/b6-5-,9-7+,14-8+. The fraction of sp³-hybridized carbons (Fsp3) is 0.500. The Labute approximate surface area is 105 Å². The van der Waals surface area contributed by atoms with E-state index in [-0.39, 0.29) is 0 Å². The Morgan fingerprint density at radius 1 is 1.11 bits per heavy atom. The number of halogens is 3. The molecule has 4 nitrogen and oxygen atoms in total. The molecule has 0 aliphatic rings. The van der Waals surface area contributed by atoms with Crippen molar-refractivity contribution in [3.63, 3.8) is 0 Å². The molecule has 0 fully saturated rings. The second-order valence-electron chi connectivity index (χ2n) is 3.12. The lowest BCUT2D eigenvalue weighted by Crippen LogP contribution is -2.20. The molecule has 8 heteroatoms. The van der Waals surface area contributed by atoms with Crippen molar-refractivity contribution in [3.05, 3.63) is 24.4 Å². The van der Waals surface area contributed by atoms with Gasteiger partial charge >= 0.3 is 15.5 Å². The zero-order valence-electron chi connectivity index (χ0n) is 10.1. The Bertz CT molecular complexity index is 421. The summed E-state index contributed by atoms with van der Waals surface area (Å²) in [4.78, 5) is 1.95. The maximum Gasteiger partial charge on any atom is 0.518 e. The third-order valence-corrected chi connectivity index (χ3v) is 2.89. The molecule has 0 heterocycles. The van der Waals surface area contributed by atoms with Crippen LogP contribution in [-0.4, -0.2) is 38.1 Å². The number of nitrogens with zero attached hydrogens (tertiary/aromatic N) is 2. The van der Waals surface area contributed by atoms with Gasteiger partial charge in [-0.05, 0) is 32.2 Å². The molecule has 0 saturated carbocycles. The predicted molar refractivity (Wildman–Crippen MR) is 64.7 cm³/mol. The minimum atomic E-state index is -5.43. The Hall–Kier alpha value is -1.31. The molecule has 0 spiro atoms. The molecule has 0 saturated heterocycles. The van der Waals surface area contributed by atoms with Crippen LogP contribution < -0.4 is 0 Å². The van der Waals surface area contributed by atoms with E-state index in [9.17, 15) is 21.6 Å². The first kappa shape index (κ1) is 16.7. The highest BCUT2D eigenvalue weighted by molar-refractivity contribution is 7.91. The maximum absolute atomic E-state index is 11.9. The van der Waals surface area contributed by atoms with E-state index in [1.165, 1.54) is 6.08 Å². The highest BCUT2D eigenvalue weighted by Crippen LogP contribution is 2.24. The van der Waals surface area contributed by atoms with Gasteiger partial charge in [-0.15, -0.1) is 0 Å². The van der Waals surface area contributed by atoms with Crippen LogP contribution in [0.4, 0.5) is 13.2 Å². The van der Waals surface area contributed by atoms with Crippen LogP contribution in [0.15, 0.2) is 28.8 Å². The second-order valence-corrected chi connectivity index (χ2v) is 4.75. The van der Waals surface area contributed by atoms with Crippen LogP contribution in [0.2, 0.25) is 0 Å². The summed E-state index contributed by atoms with van der Waals surface area (Å²) in [6.45, 7) is 5.51. The molecule has 0 rings (SSSR count). The summed E-state index contributed by atoms with van der Waals surface area (Å²) in [6, 6.07) is 0. The van der Waals surface area contributed by atoms with Gasteiger partial charge in [-0.2, -0.15) is 26.0 Å². The number of allylic oxidation sites excluding steroid dienone is 3. The SMILES string of the molecule is CCN(/C=C/C=C\C=N\S(=O)(=O)C(F)(F)F)CC. The van der Waals surface area contributed by atoms with Gasteiger partial charge in [-0.25, -0.2) is 0 Å². The first-order valence-electron chi connectivity index (χ1n) is 5.18. The van der Waals surface area contributed by atoms with Gasteiger partial charge in [-0.3, -0.25) is 0 Å². The Morgan fingerprint density at radius 3 is 2.11 bits per heavy atom. The van der Waals surface area contributed by atoms with Crippen LogP contribution in [0.1, 0.15) is 13.8 Å². The zero-order valence-corrected chi connectivity index (χ0v) is 10.9. The molecule has 0 atom stereocenters. The van der Waals surface area contributed by atoms with Crippen molar-refractivity contribution < 1.29 is 21.6 Å². The Kier molecular flexibility index (Phi) is 6.67. The van der Waals surface area contributed by atoms with Crippen LogP contribution in [0.3, 0.4) is 0 Å². The summed E-state index contributed by atoms with van der Waals surface area (Å²) in [5.74, 6) is 0. The number of hydrogen-bond acceptors (Lipinski definition) is 3. The Morgan fingerprint density at radius 2 is 1.67 bits per heavy atom. The van der Waals surface area contributed by atoms with Gasteiger partial charge in [0, 0.05) is 19.3 Å². The normalized spacial score (nSPS) is 14.1. The maximum atomic E-state index is 11.9. The predicted octanol–water partition coefficient (Wildman–Crippen LogP) is 2.32. The van der Waals surface area contributed by atoms with Crippen molar-refractivity contribution in [2.45, 2.75) is 19.4 Å². The summed E-state index contributed by atoms with van der Waals surface area (Å²) in [7, 11) is -5.43. The van der Waals surface area contributed by atoms with E-state index >= 15 is 0 Å². The Balaban J connectivity index is 4.43. The van der Waals surface area contributed by atoms with E-state index < -0.39 is 15.5 Å². The number of alkyl halides is 3. The van der Waals surface area contributed by atoms with E-state index in [4.69, 9.17) is 0 Å². The topological polar surface area (TPSA) is 49.7 Å². The van der Waals surface area contributed by atoms with E-state index in [1.807, 2.05) is 18.7 Å². The van der Waals surface area contributed by atoms with Crippen LogP contribution >= 0.6 is 0 Å². The van der Waals surface area contributed by atoms with E-state index in [1.54, 1.807) is 12.3 Å². The van der Waals surface area contributed by atoms with Crippen molar-refractivity contribution in [1.82, 2.24) is 4.90 Å². The van der Waals surface area contributed by atoms with Crippen LogP contribution in [-0.2, 0) is 10.0 Å². The lowest BCUT2D eigenvalue weighted by atomic mass is 10.4. The van der Waals surface area contributed by atoms with Gasteiger partial charge in [0.15, 0.2) is 0 Å². The second kappa shape index (κ2) is 7.20. The van der Waals surface area contributed by atoms with Crippen molar-refractivity contribution in [3.8, 4) is 0 Å². The molecule has 0 aromatic heterocycles. The lowest BCUT2D eigenvalue weighted by Gasteiger charge is -2.13. The molecule has 0 aliphatic carbocycles. The van der Waals surface area contributed by atoms with Gasteiger partial charge in [-0.1, -0.05) is 6.08 Å². The smallest absolute Gasteiger partial charge is 0.378 e. The van der Waals surface area contributed by atoms with Gasteiger partial charge in [0.2, 0.25) is 0 Å². The summed E-state index contributed by atoms with van der Waals surface area (Å²) >= 11 is 0. The molecule has 0 unspecified atom stereocenters. The van der Waals surface area contributed by atoms with Gasteiger partial charge in [0.25, 0.3) is 0 Å². The average molecular weight is 284 g/mol. The molecule has 0 N–H and O–H groups in total. The molecule has 104 valence electrons. The summed E-state index contributed by atoms with van der Waals surface area (Å²) in [5.41, 5.74) is -5.35. The number of sulfonamides is 1. The molecule has 0 aliphatic heterocycles. The highest BCUT2D eigenvalue weighted by atomic mass is 32.2. The number of hydrogen-bond donors (Lipinski definition) is 0. The first-order valence-corrected chi connectivity index (χ1v) is 6.62. The largest absolute Gasteiger partial charge is 0.518 e. The molecule has 0 radical (unpaired) electrons. The molecular weight excluding hydrogens is 269 g/mol. The quantitative estimate of drug-likeness (QED) is 0.555. The summed E-state index contributed by atoms with van der Waals surface area (Å²) < 4.78 is 59.1. The van der Waals surface area contributed by atoms with E-state index in [0.717, 1.165) is 19.2 Å². The minimum Gasteiger partial charge on any atom is -0.378 e. The van der Waals surface area contributed by atoms with Crippen molar-refractivity contribution in [1.29, 1.82) is 0 Å². The molecule has 0 aromatic carbocycles.